The number of hydrogen-bond donors (Lipinski definition) is 1. The van der Waals surface area contributed by atoms with E-state index in [1.165, 1.54) is 32.4 Å². The molecular weight excluding hydrogens is 323 g/mol. The SMILES string of the molecule is COC1(OC)N=C(N)[C@]2(C#N)[C@@H](c3c(F)cccc3Cl)[C@@]12C#N. The van der Waals surface area contributed by atoms with Crippen molar-refractivity contribution in [3.63, 3.8) is 0 Å². The van der Waals surface area contributed by atoms with Gasteiger partial charge >= 0.3 is 0 Å². The van der Waals surface area contributed by atoms with Gasteiger partial charge in [-0.3, -0.25) is 0 Å². The Morgan fingerprint density at radius 3 is 2.43 bits per heavy atom. The smallest absolute Gasteiger partial charge is 0.292 e. The van der Waals surface area contributed by atoms with Crippen molar-refractivity contribution in [3.8, 4) is 12.1 Å². The highest BCUT2D eigenvalue weighted by molar-refractivity contribution is 6.31. The molecule has 1 heterocycles. The maximum atomic E-state index is 14.4. The molecule has 1 aromatic carbocycles. The minimum absolute atomic E-state index is 0.0357. The third-order valence-electron chi connectivity index (χ3n) is 4.77. The number of ether oxygens (including phenoxy) is 2. The molecule has 0 amide bonds. The molecule has 3 atom stereocenters. The average molecular weight is 335 g/mol. The van der Waals surface area contributed by atoms with E-state index in [2.05, 4.69) is 4.99 Å². The van der Waals surface area contributed by atoms with E-state index < -0.39 is 28.5 Å². The van der Waals surface area contributed by atoms with E-state index >= 15 is 0 Å². The lowest BCUT2D eigenvalue weighted by Crippen LogP contribution is -2.41. The third-order valence-corrected chi connectivity index (χ3v) is 5.10. The summed E-state index contributed by atoms with van der Waals surface area (Å²) >= 11 is 6.12. The number of nitrogens with two attached hydrogens (primary N) is 1. The van der Waals surface area contributed by atoms with Gasteiger partial charge in [0.25, 0.3) is 5.91 Å². The number of fused-ring (bicyclic) bond motifs is 1. The molecule has 23 heavy (non-hydrogen) atoms. The Morgan fingerprint density at radius 1 is 1.30 bits per heavy atom. The van der Waals surface area contributed by atoms with Gasteiger partial charge in [0, 0.05) is 30.7 Å². The topological polar surface area (TPSA) is 104 Å². The molecule has 0 radical (unpaired) electrons. The molecule has 6 nitrogen and oxygen atoms in total. The van der Waals surface area contributed by atoms with Crippen LogP contribution in [0.15, 0.2) is 23.2 Å². The van der Waals surface area contributed by atoms with Gasteiger partial charge in [-0.25, -0.2) is 9.38 Å². The standard InChI is InChI=1S/C15H12ClFN4O2/c1-22-15(23-2)14(7-19)11(13(14,6-18)12(20)21-15)10-8(16)4-3-5-9(10)17/h3-5,11H,1-2H3,(H2,20,21)/t11-,13+,14-/m1/s1. The average Bonchev–Trinajstić information content (AvgIpc) is 3.09. The van der Waals surface area contributed by atoms with Crippen molar-refractivity contribution >= 4 is 17.4 Å². The Labute approximate surface area is 136 Å². The van der Waals surface area contributed by atoms with E-state index in [1.807, 2.05) is 12.1 Å². The molecule has 1 fully saturated rings. The van der Waals surface area contributed by atoms with Gasteiger partial charge in [0.05, 0.1) is 12.1 Å². The van der Waals surface area contributed by atoms with E-state index in [0.29, 0.717) is 0 Å². The highest BCUT2D eigenvalue weighted by Crippen LogP contribution is 2.82. The fraction of sp³-hybridized carbons (Fsp3) is 0.400. The molecule has 118 valence electrons. The molecule has 2 aliphatic rings. The third kappa shape index (κ3) is 1.41. The van der Waals surface area contributed by atoms with E-state index in [1.54, 1.807) is 0 Å². The summed E-state index contributed by atoms with van der Waals surface area (Å²) in [5.41, 5.74) is 2.79. The summed E-state index contributed by atoms with van der Waals surface area (Å²) in [5, 5.41) is 19.7. The summed E-state index contributed by atoms with van der Waals surface area (Å²) in [6.45, 7) is 0. The van der Waals surface area contributed by atoms with Gasteiger partial charge in [0.15, 0.2) is 5.41 Å². The molecule has 1 aliphatic carbocycles. The zero-order valence-corrected chi connectivity index (χ0v) is 13.1. The largest absolute Gasteiger partial charge is 0.386 e. The summed E-state index contributed by atoms with van der Waals surface area (Å²) in [6.07, 6.45) is 0. The first-order valence-corrected chi connectivity index (χ1v) is 7.02. The van der Waals surface area contributed by atoms with Crippen molar-refractivity contribution in [2.24, 2.45) is 21.6 Å². The van der Waals surface area contributed by atoms with E-state index in [-0.39, 0.29) is 16.4 Å². The molecule has 0 spiro atoms. The van der Waals surface area contributed by atoms with Crippen LogP contribution in [0.3, 0.4) is 0 Å². The first kappa shape index (κ1) is 15.7. The molecule has 8 heteroatoms. The second-order valence-electron chi connectivity index (χ2n) is 5.40. The number of halogens is 2. The number of benzene rings is 1. The summed E-state index contributed by atoms with van der Waals surface area (Å²) in [7, 11) is 2.57. The lowest BCUT2D eigenvalue weighted by Gasteiger charge is -2.29. The van der Waals surface area contributed by atoms with Gasteiger partial charge in [0.2, 0.25) is 0 Å². The van der Waals surface area contributed by atoms with Crippen LogP contribution in [0.1, 0.15) is 11.5 Å². The van der Waals surface area contributed by atoms with Crippen LogP contribution in [-0.2, 0) is 9.47 Å². The molecule has 1 saturated carbocycles. The second-order valence-corrected chi connectivity index (χ2v) is 5.80. The quantitative estimate of drug-likeness (QED) is 0.850. The number of nitrogens with zero attached hydrogens (tertiary/aromatic N) is 3. The van der Waals surface area contributed by atoms with Gasteiger partial charge in [-0.2, -0.15) is 10.5 Å². The van der Waals surface area contributed by atoms with Gasteiger partial charge in [-0.15, -0.1) is 0 Å². The number of nitriles is 2. The predicted octanol–water partition coefficient (Wildman–Crippen LogP) is 1.91. The number of rotatable bonds is 3. The molecular formula is C15H12ClFN4O2. The minimum atomic E-state index is -1.79. The van der Waals surface area contributed by atoms with E-state index in [4.69, 9.17) is 26.8 Å². The van der Waals surface area contributed by atoms with Crippen molar-refractivity contribution in [2.45, 2.75) is 11.8 Å². The minimum Gasteiger partial charge on any atom is -0.386 e. The zero-order chi connectivity index (χ0) is 17.0. The monoisotopic (exact) mass is 334 g/mol. The summed E-state index contributed by atoms with van der Waals surface area (Å²) < 4.78 is 25.0. The lowest BCUT2D eigenvalue weighted by molar-refractivity contribution is -0.230. The highest BCUT2D eigenvalue weighted by atomic mass is 35.5. The zero-order valence-electron chi connectivity index (χ0n) is 12.3. The van der Waals surface area contributed by atoms with Crippen molar-refractivity contribution < 1.29 is 13.9 Å². The van der Waals surface area contributed by atoms with E-state index in [9.17, 15) is 14.9 Å². The van der Waals surface area contributed by atoms with Crippen LogP contribution in [-0.4, -0.2) is 26.0 Å². The Kier molecular flexibility index (Phi) is 3.18. The molecule has 0 bridgehead atoms. The van der Waals surface area contributed by atoms with Crippen LogP contribution >= 0.6 is 11.6 Å². The fourth-order valence-corrected chi connectivity index (χ4v) is 4.01. The highest BCUT2D eigenvalue weighted by Gasteiger charge is 2.94. The molecule has 0 aromatic heterocycles. The molecule has 3 rings (SSSR count). The second kappa shape index (κ2) is 4.65. The molecule has 0 unspecified atom stereocenters. The van der Waals surface area contributed by atoms with Crippen LogP contribution in [0.5, 0.6) is 0 Å². The lowest BCUT2D eigenvalue weighted by atomic mass is 9.93. The van der Waals surface area contributed by atoms with Crippen molar-refractivity contribution in [2.75, 3.05) is 14.2 Å². The number of aliphatic imine (C=N–C) groups is 1. The van der Waals surface area contributed by atoms with Crippen LogP contribution in [0.2, 0.25) is 5.02 Å². The first-order chi connectivity index (χ1) is 10.9. The predicted molar refractivity (Wildman–Crippen MR) is 78.6 cm³/mol. The van der Waals surface area contributed by atoms with E-state index in [0.717, 1.165) is 0 Å². The van der Waals surface area contributed by atoms with Gasteiger partial charge in [0.1, 0.15) is 17.1 Å². The fourth-order valence-electron chi connectivity index (χ4n) is 3.74. The molecule has 1 aromatic rings. The maximum absolute atomic E-state index is 14.4. The van der Waals surface area contributed by atoms with Crippen LogP contribution in [0.4, 0.5) is 4.39 Å². The number of hydrogen-bond acceptors (Lipinski definition) is 6. The van der Waals surface area contributed by atoms with Crippen molar-refractivity contribution in [1.82, 2.24) is 0 Å². The Bertz CT molecular complexity index is 790. The van der Waals surface area contributed by atoms with Crippen LogP contribution in [0.25, 0.3) is 0 Å². The van der Waals surface area contributed by atoms with Crippen LogP contribution < -0.4 is 5.73 Å². The summed E-state index contributed by atoms with van der Waals surface area (Å²) in [6, 6.07) is 8.19. The van der Waals surface area contributed by atoms with Gasteiger partial charge < -0.3 is 15.2 Å². The Balaban J connectivity index is 2.33. The summed E-state index contributed by atoms with van der Waals surface area (Å²) in [4.78, 5) is 4.05. The molecule has 2 N–H and O–H groups in total. The van der Waals surface area contributed by atoms with Gasteiger partial charge in [-0.1, -0.05) is 17.7 Å². The summed E-state index contributed by atoms with van der Waals surface area (Å²) in [5.74, 6) is -3.50. The van der Waals surface area contributed by atoms with Crippen LogP contribution in [0, 0.1) is 39.3 Å². The normalized spacial score (nSPS) is 33.3. The maximum Gasteiger partial charge on any atom is 0.292 e. The Hall–Kier alpha value is -2.19. The number of methoxy groups -OCH3 is 2. The van der Waals surface area contributed by atoms with Crippen molar-refractivity contribution in [1.29, 1.82) is 10.5 Å². The number of amidine groups is 1. The Morgan fingerprint density at radius 2 is 1.96 bits per heavy atom. The molecule has 1 aliphatic heterocycles. The van der Waals surface area contributed by atoms with Crippen molar-refractivity contribution in [3.05, 3.63) is 34.6 Å². The molecule has 0 saturated heterocycles. The van der Waals surface area contributed by atoms with Gasteiger partial charge in [-0.05, 0) is 12.1 Å². The first-order valence-electron chi connectivity index (χ1n) is 6.65.